The summed E-state index contributed by atoms with van der Waals surface area (Å²) in [4.78, 5) is 25.3. The van der Waals surface area contributed by atoms with Gasteiger partial charge in [-0.05, 0) is 31.6 Å². The minimum absolute atomic E-state index is 0.0875. The zero-order valence-corrected chi connectivity index (χ0v) is 10.4. The summed E-state index contributed by atoms with van der Waals surface area (Å²) in [5.41, 5.74) is 6.99. The van der Waals surface area contributed by atoms with Crippen LogP contribution < -0.4 is 11.1 Å². The van der Waals surface area contributed by atoms with E-state index in [2.05, 4.69) is 5.32 Å². The number of nitrogens with zero attached hydrogens (tertiary/aromatic N) is 1. The summed E-state index contributed by atoms with van der Waals surface area (Å²) >= 11 is 0. The molecule has 2 amide bonds. The fourth-order valence-corrected chi connectivity index (χ4v) is 2.25. The summed E-state index contributed by atoms with van der Waals surface area (Å²) < 4.78 is 0. The molecule has 1 aromatic carbocycles. The number of hydrogen-bond acceptors (Lipinski definition) is 3. The maximum Gasteiger partial charge on any atom is 0.255 e. The molecule has 0 atom stereocenters. The summed E-state index contributed by atoms with van der Waals surface area (Å²) in [5.74, 6) is -0.632. The van der Waals surface area contributed by atoms with Gasteiger partial charge in [0.1, 0.15) is 0 Å². The second kappa shape index (κ2) is 5.18. The maximum absolute atomic E-state index is 12.2. The Hall–Kier alpha value is -1.88. The largest absolute Gasteiger partial charge is 0.366 e. The Balaban J connectivity index is 2.20. The molecule has 5 heteroatoms. The highest BCUT2D eigenvalue weighted by Crippen LogP contribution is 2.25. The summed E-state index contributed by atoms with van der Waals surface area (Å²) in [5, 5.41) is 3.05. The Kier molecular flexibility index (Phi) is 3.62. The molecule has 1 heterocycles. The minimum Gasteiger partial charge on any atom is -0.366 e. The average Bonchev–Trinajstić information content (AvgIpc) is 2.67. The zero-order chi connectivity index (χ0) is 13.1. The molecule has 0 fully saturated rings. The SMILES string of the molecule is CNCCCN1Cc2cccc(C(N)=O)c2C1=O. The van der Waals surface area contributed by atoms with Crippen molar-refractivity contribution in [2.45, 2.75) is 13.0 Å². The van der Waals surface area contributed by atoms with Crippen molar-refractivity contribution in [3.05, 3.63) is 34.9 Å². The topological polar surface area (TPSA) is 75.4 Å². The number of rotatable bonds is 5. The fraction of sp³-hybridized carbons (Fsp3) is 0.385. The number of hydrogen-bond donors (Lipinski definition) is 2. The Labute approximate surface area is 106 Å². The standard InChI is InChI=1S/C13H17N3O2/c1-15-6-3-7-16-8-9-4-2-5-10(12(14)17)11(9)13(16)18/h2,4-5,15H,3,6-8H2,1H3,(H2,14,17). The van der Waals surface area contributed by atoms with Gasteiger partial charge in [-0.1, -0.05) is 12.1 Å². The molecule has 1 aliphatic rings. The van der Waals surface area contributed by atoms with E-state index >= 15 is 0 Å². The smallest absolute Gasteiger partial charge is 0.255 e. The number of carbonyl (C=O) groups is 2. The second-order valence-electron chi connectivity index (χ2n) is 4.39. The fourth-order valence-electron chi connectivity index (χ4n) is 2.25. The molecular formula is C13H17N3O2. The van der Waals surface area contributed by atoms with Crippen LogP contribution in [0, 0.1) is 0 Å². The van der Waals surface area contributed by atoms with Gasteiger partial charge in [0.15, 0.2) is 0 Å². The third-order valence-electron chi connectivity index (χ3n) is 3.13. The first-order valence-corrected chi connectivity index (χ1v) is 6.00. The summed E-state index contributed by atoms with van der Waals surface area (Å²) in [7, 11) is 1.88. The number of amides is 2. The number of carbonyl (C=O) groups excluding carboxylic acids is 2. The number of nitrogens with two attached hydrogens (primary N) is 1. The van der Waals surface area contributed by atoms with Crippen LogP contribution in [0.3, 0.4) is 0 Å². The monoisotopic (exact) mass is 247 g/mol. The van der Waals surface area contributed by atoms with Crippen molar-refractivity contribution in [3.8, 4) is 0 Å². The number of primary amides is 1. The molecule has 3 N–H and O–H groups in total. The van der Waals surface area contributed by atoms with E-state index in [-0.39, 0.29) is 5.91 Å². The highest BCUT2D eigenvalue weighted by Gasteiger charge is 2.30. The average molecular weight is 247 g/mol. The third-order valence-corrected chi connectivity index (χ3v) is 3.13. The van der Waals surface area contributed by atoms with Crippen LogP contribution in [0.4, 0.5) is 0 Å². The van der Waals surface area contributed by atoms with Crippen LogP contribution in [-0.2, 0) is 6.54 Å². The maximum atomic E-state index is 12.2. The van der Waals surface area contributed by atoms with Crippen LogP contribution in [0.15, 0.2) is 18.2 Å². The summed E-state index contributed by atoms with van der Waals surface area (Å²) in [6, 6.07) is 5.25. The number of fused-ring (bicyclic) bond motifs is 1. The lowest BCUT2D eigenvalue weighted by Crippen LogP contribution is -2.28. The van der Waals surface area contributed by atoms with E-state index < -0.39 is 5.91 Å². The Morgan fingerprint density at radius 2 is 2.28 bits per heavy atom. The van der Waals surface area contributed by atoms with Crippen LogP contribution in [-0.4, -0.2) is 36.9 Å². The molecule has 2 rings (SSSR count). The molecule has 0 saturated heterocycles. The first kappa shape index (κ1) is 12.6. The van der Waals surface area contributed by atoms with Crippen molar-refractivity contribution in [3.63, 3.8) is 0 Å². The summed E-state index contributed by atoms with van der Waals surface area (Å²) in [6.07, 6.45) is 0.891. The molecule has 0 bridgehead atoms. The van der Waals surface area contributed by atoms with Gasteiger partial charge in [0.2, 0.25) is 5.91 Å². The molecule has 0 spiro atoms. The van der Waals surface area contributed by atoms with Gasteiger partial charge < -0.3 is 16.0 Å². The van der Waals surface area contributed by atoms with Crippen LogP contribution in [0.25, 0.3) is 0 Å². The molecule has 0 aromatic heterocycles. The quantitative estimate of drug-likeness (QED) is 0.737. The van der Waals surface area contributed by atoms with E-state index in [1.807, 2.05) is 13.1 Å². The predicted molar refractivity (Wildman–Crippen MR) is 68.2 cm³/mol. The zero-order valence-electron chi connectivity index (χ0n) is 10.4. The lowest BCUT2D eigenvalue weighted by Gasteiger charge is -2.15. The van der Waals surface area contributed by atoms with Gasteiger partial charge in [0.25, 0.3) is 5.91 Å². The minimum atomic E-state index is -0.544. The van der Waals surface area contributed by atoms with Gasteiger partial charge >= 0.3 is 0 Å². The van der Waals surface area contributed by atoms with Gasteiger partial charge in [-0.15, -0.1) is 0 Å². The van der Waals surface area contributed by atoms with E-state index in [0.717, 1.165) is 18.5 Å². The van der Waals surface area contributed by atoms with Gasteiger partial charge in [-0.3, -0.25) is 9.59 Å². The van der Waals surface area contributed by atoms with Crippen LogP contribution in [0.5, 0.6) is 0 Å². The Morgan fingerprint density at radius 1 is 1.50 bits per heavy atom. The molecule has 1 aliphatic heterocycles. The molecule has 96 valence electrons. The van der Waals surface area contributed by atoms with Crippen LogP contribution in [0.1, 0.15) is 32.7 Å². The van der Waals surface area contributed by atoms with E-state index in [0.29, 0.717) is 24.2 Å². The highest BCUT2D eigenvalue weighted by atomic mass is 16.2. The van der Waals surface area contributed by atoms with Gasteiger partial charge in [0, 0.05) is 13.1 Å². The molecule has 1 aromatic rings. The van der Waals surface area contributed by atoms with Crippen LogP contribution in [0.2, 0.25) is 0 Å². The van der Waals surface area contributed by atoms with E-state index in [1.165, 1.54) is 0 Å². The van der Waals surface area contributed by atoms with Gasteiger partial charge in [-0.2, -0.15) is 0 Å². The third kappa shape index (κ3) is 2.22. The van der Waals surface area contributed by atoms with Crippen molar-refractivity contribution < 1.29 is 9.59 Å². The van der Waals surface area contributed by atoms with Gasteiger partial charge in [0.05, 0.1) is 11.1 Å². The first-order chi connectivity index (χ1) is 8.65. The van der Waals surface area contributed by atoms with Crippen molar-refractivity contribution in [2.75, 3.05) is 20.1 Å². The molecule has 18 heavy (non-hydrogen) atoms. The van der Waals surface area contributed by atoms with Gasteiger partial charge in [-0.25, -0.2) is 0 Å². The number of benzene rings is 1. The summed E-state index contributed by atoms with van der Waals surface area (Å²) in [6.45, 7) is 2.12. The van der Waals surface area contributed by atoms with E-state index in [9.17, 15) is 9.59 Å². The van der Waals surface area contributed by atoms with Crippen molar-refractivity contribution in [1.29, 1.82) is 0 Å². The first-order valence-electron chi connectivity index (χ1n) is 6.00. The lowest BCUT2D eigenvalue weighted by atomic mass is 10.0. The molecule has 0 unspecified atom stereocenters. The lowest BCUT2D eigenvalue weighted by molar-refractivity contribution is 0.0772. The molecular weight excluding hydrogens is 230 g/mol. The Morgan fingerprint density at radius 3 is 2.94 bits per heavy atom. The van der Waals surface area contributed by atoms with E-state index in [4.69, 9.17) is 5.73 Å². The molecule has 0 aliphatic carbocycles. The van der Waals surface area contributed by atoms with Crippen LogP contribution >= 0.6 is 0 Å². The Bertz CT molecular complexity index is 485. The number of nitrogens with one attached hydrogen (secondary N) is 1. The normalized spacial score (nSPS) is 13.8. The van der Waals surface area contributed by atoms with Crippen molar-refractivity contribution in [1.82, 2.24) is 10.2 Å². The van der Waals surface area contributed by atoms with E-state index in [1.54, 1.807) is 17.0 Å². The second-order valence-corrected chi connectivity index (χ2v) is 4.39. The molecule has 0 saturated carbocycles. The predicted octanol–water partition coefficient (Wildman–Crippen LogP) is 0.351. The highest BCUT2D eigenvalue weighted by molar-refractivity contribution is 6.09. The molecule has 5 nitrogen and oxygen atoms in total. The van der Waals surface area contributed by atoms with Crippen molar-refractivity contribution in [2.24, 2.45) is 5.73 Å². The van der Waals surface area contributed by atoms with Crippen molar-refractivity contribution >= 4 is 11.8 Å². The molecule has 0 radical (unpaired) electrons.